The Morgan fingerprint density at radius 2 is 1.56 bits per heavy atom. The lowest BCUT2D eigenvalue weighted by atomic mass is 10.1. The van der Waals surface area contributed by atoms with Gasteiger partial charge in [-0.05, 0) is 54.3 Å². The number of sulfonamides is 1. The van der Waals surface area contributed by atoms with E-state index in [-0.39, 0.29) is 23.4 Å². The molecule has 3 aromatic rings. The molecule has 0 radical (unpaired) electrons. The maximum Gasteiger partial charge on any atom is 0.240 e. The van der Waals surface area contributed by atoms with Gasteiger partial charge in [-0.25, -0.2) is 13.1 Å². The van der Waals surface area contributed by atoms with Gasteiger partial charge < -0.3 is 10.1 Å². The molecule has 0 saturated carbocycles. The molecule has 0 unspecified atom stereocenters. The number of rotatable bonds is 10. The van der Waals surface area contributed by atoms with Crippen molar-refractivity contribution in [2.45, 2.75) is 37.2 Å². The first-order valence-electron chi connectivity index (χ1n) is 10.4. The highest BCUT2D eigenvalue weighted by Gasteiger charge is 2.14. The summed E-state index contributed by atoms with van der Waals surface area (Å²) in [5.41, 5.74) is 2.79. The lowest BCUT2D eigenvalue weighted by Gasteiger charge is -2.15. The third-order valence-corrected chi connectivity index (χ3v) is 6.59. The number of nitrogens with one attached hydrogen (secondary N) is 2. The van der Waals surface area contributed by atoms with Crippen LogP contribution >= 0.6 is 0 Å². The average Bonchev–Trinajstić information content (AvgIpc) is 2.82. The van der Waals surface area contributed by atoms with Crippen molar-refractivity contribution in [2.75, 3.05) is 7.11 Å². The van der Waals surface area contributed by atoms with E-state index in [1.54, 1.807) is 31.4 Å². The molecule has 0 saturated heterocycles. The van der Waals surface area contributed by atoms with Gasteiger partial charge in [-0.3, -0.25) is 4.79 Å². The van der Waals surface area contributed by atoms with Crippen molar-refractivity contribution in [1.82, 2.24) is 10.0 Å². The largest absolute Gasteiger partial charge is 0.497 e. The van der Waals surface area contributed by atoms with E-state index in [4.69, 9.17) is 4.74 Å². The molecule has 2 N–H and O–H groups in total. The monoisotopic (exact) mass is 452 g/mol. The zero-order valence-corrected chi connectivity index (χ0v) is 19.1. The van der Waals surface area contributed by atoms with E-state index in [2.05, 4.69) is 10.0 Å². The molecule has 3 aromatic carbocycles. The van der Waals surface area contributed by atoms with Gasteiger partial charge in [0.2, 0.25) is 15.9 Å². The summed E-state index contributed by atoms with van der Waals surface area (Å²) in [6, 6.07) is 23.5. The van der Waals surface area contributed by atoms with Crippen molar-refractivity contribution in [3.63, 3.8) is 0 Å². The van der Waals surface area contributed by atoms with Gasteiger partial charge in [-0.2, -0.15) is 0 Å². The van der Waals surface area contributed by atoms with Crippen LogP contribution in [0.5, 0.6) is 5.75 Å². The van der Waals surface area contributed by atoms with E-state index < -0.39 is 10.0 Å². The van der Waals surface area contributed by atoms with Crippen molar-refractivity contribution in [3.05, 3.63) is 95.6 Å². The minimum absolute atomic E-state index is 0.0606. The molecule has 0 aromatic heterocycles. The Bertz CT molecular complexity index is 1110. The van der Waals surface area contributed by atoms with Gasteiger partial charge in [0.15, 0.2) is 0 Å². The summed E-state index contributed by atoms with van der Waals surface area (Å²) in [7, 11) is -1.98. The average molecular weight is 453 g/mol. The second kappa shape index (κ2) is 10.9. The molecule has 1 atom stereocenters. The fourth-order valence-electron chi connectivity index (χ4n) is 3.24. The zero-order chi connectivity index (χ0) is 23.0. The summed E-state index contributed by atoms with van der Waals surface area (Å²) >= 11 is 0. The number of amides is 1. The SMILES string of the molecule is COc1ccc([C@@H](C)NC(=O)CCc2ccc(S(=O)(=O)NCc3ccccc3)cc2)cc1. The molecule has 7 heteroatoms. The smallest absolute Gasteiger partial charge is 0.240 e. The van der Waals surface area contributed by atoms with Crippen molar-refractivity contribution in [2.24, 2.45) is 0 Å². The van der Waals surface area contributed by atoms with Crippen LogP contribution in [0.2, 0.25) is 0 Å². The predicted molar refractivity (Wildman–Crippen MR) is 125 cm³/mol. The number of aryl methyl sites for hydroxylation is 1. The standard InChI is InChI=1S/C25H28N2O4S/c1-19(22-11-13-23(31-2)14-12-22)27-25(28)17-10-20-8-15-24(16-9-20)32(29,30)26-18-21-6-4-3-5-7-21/h3-9,11-16,19,26H,10,17-18H2,1-2H3,(H,27,28)/t19-/m1/s1. The van der Waals surface area contributed by atoms with Crippen LogP contribution in [0.25, 0.3) is 0 Å². The van der Waals surface area contributed by atoms with E-state index in [0.717, 1.165) is 22.4 Å². The molecule has 0 heterocycles. The number of methoxy groups -OCH3 is 1. The van der Waals surface area contributed by atoms with Gasteiger partial charge in [0, 0.05) is 13.0 Å². The quantitative estimate of drug-likeness (QED) is 0.487. The Kier molecular flexibility index (Phi) is 8.03. The molecule has 6 nitrogen and oxygen atoms in total. The van der Waals surface area contributed by atoms with Gasteiger partial charge in [-0.1, -0.05) is 54.6 Å². The summed E-state index contributed by atoms with van der Waals surface area (Å²) in [5.74, 6) is 0.711. The lowest BCUT2D eigenvalue weighted by molar-refractivity contribution is -0.121. The van der Waals surface area contributed by atoms with Gasteiger partial charge in [0.1, 0.15) is 5.75 Å². The lowest BCUT2D eigenvalue weighted by Crippen LogP contribution is -2.26. The van der Waals surface area contributed by atoms with Crippen molar-refractivity contribution >= 4 is 15.9 Å². The molecule has 0 bridgehead atoms. The Hall–Kier alpha value is -3.16. The van der Waals surface area contributed by atoms with E-state index in [1.165, 1.54) is 0 Å². The fourth-order valence-corrected chi connectivity index (χ4v) is 4.26. The molecular weight excluding hydrogens is 424 g/mol. The summed E-state index contributed by atoms with van der Waals surface area (Å²) in [4.78, 5) is 12.5. The molecule has 0 aliphatic heterocycles. The number of hydrogen-bond donors (Lipinski definition) is 2. The van der Waals surface area contributed by atoms with E-state index in [9.17, 15) is 13.2 Å². The molecule has 0 spiro atoms. The number of hydrogen-bond acceptors (Lipinski definition) is 4. The summed E-state index contributed by atoms with van der Waals surface area (Å²) in [5, 5.41) is 2.99. The number of ether oxygens (including phenoxy) is 1. The second-order valence-corrected chi connectivity index (χ2v) is 9.28. The van der Waals surface area contributed by atoms with Crippen LogP contribution in [0.4, 0.5) is 0 Å². The number of benzene rings is 3. The van der Waals surface area contributed by atoms with Crippen molar-refractivity contribution in [1.29, 1.82) is 0 Å². The molecule has 3 rings (SSSR count). The fraction of sp³-hybridized carbons (Fsp3) is 0.240. The molecule has 32 heavy (non-hydrogen) atoms. The summed E-state index contributed by atoms with van der Waals surface area (Å²) < 4.78 is 32.7. The maximum absolute atomic E-state index is 12.5. The van der Waals surface area contributed by atoms with Gasteiger partial charge >= 0.3 is 0 Å². The third kappa shape index (κ3) is 6.67. The van der Waals surface area contributed by atoms with Crippen LogP contribution < -0.4 is 14.8 Å². The third-order valence-electron chi connectivity index (χ3n) is 5.18. The highest BCUT2D eigenvalue weighted by molar-refractivity contribution is 7.89. The molecule has 0 aliphatic carbocycles. The topological polar surface area (TPSA) is 84.5 Å². The van der Waals surface area contributed by atoms with Crippen LogP contribution in [0, 0.1) is 0 Å². The van der Waals surface area contributed by atoms with Crippen molar-refractivity contribution < 1.29 is 17.9 Å². The van der Waals surface area contributed by atoms with Crippen LogP contribution in [-0.4, -0.2) is 21.4 Å². The normalized spacial score (nSPS) is 12.2. The van der Waals surface area contributed by atoms with Gasteiger partial charge in [0.05, 0.1) is 18.0 Å². The first-order chi connectivity index (χ1) is 15.4. The number of carbonyl (C=O) groups excluding carboxylic acids is 1. The predicted octanol–water partition coefficient (Wildman–Crippen LogP) is 3.98. The minimum Gasteiger partial charge on any atom is -0.497 e. The Balaban J connectivity index is 1.49. The molecule has 0 fully saturated rings. The maximum atomic E-state index is 12.5. The molecular formula is C25H28N2O4S. The molecule has 1 amide bonds. The van der Waals surface area contributed by atoms with E-state index in [0.29, 0.717) is 12.8 Å². The Morgan fingerprint density at radius 3 is 2.19 bits per heavy atom. The summed E-state index contributed by atoms with van der Waals surface area (Å²) in [6.45, 7) is 2.17. The van der Waals surface area contributed by atoms with Crippen molar-refractivity contribution in [3.8, 4) is 5.75 Å². The first-order valence-corrected chi connectivity index (χ1v) is 11.9. The van der Waals surface area contributed by atoms with Crippen LogP contribution in [0.15, 0.2) is 83.8 Å². The van der Waals surface area contributed by atoms with Crippen LogP contribution in [0.1, 0.15) is 36.1 Å². The molecule has 168 valence electrons. The molecule has 0 aliphatic rings. The van der Waals surface area contributed by atoms with Crippen LogP contribution in [-0.2, 0) is 27.8 Å². The minimum atomic E-state index is -3.60. The van der Waals surface area contributed by atoms with Gasteiger partial charge in [0.25, 0.3) is 0 Å². The first kappa shape index (κ1) is 23.5. The van der Waals surface area contributed by atoms with E-state index in [1.807, 2.05) is 61.5 Å². The highest BCUT2D eigenvalue weighted by Crippen LogP contribution is 2.18. The summed E-state index contributed by atoms with van der Waals surface area (Å²) in [6.07, 6.45) is 0.845. The zero-order valence-electron chi connectivity index (χ0n) is 18.2. The highest BCUT2D eigenvalue weighted by atomic mass is 32.2. The van der Waals surface area contributed by atoms with E-state index >= 15 is 0 Å². The Labute approximate surface area is 189 Å². The van der Waals surface area contributed by atoms with Gasteiger partial charge in [-0.15, -0.1) is 0 Å². The van der Waals surface area contributed by atoms with Crippen LogP contribution in [0.3, 0.4) is 0 Å². The number of carbonyl (C=O) groups is 1. The second-order valence-electron chi connectivity index (χ2n) is 7.52. The Morgan fingerprint density at radius 1 is 0.906 bits per heavy atom.